The van der Waals surface area contributed by atoms with Gasteiger partial charge in [-0.15, -0.1) is 0 Å². The van der Waals surface area contributed by atoms with Gasteiger partial charge in [0.05, 0.1) is 25.7 Å². The first-order chi connectivity index (χ1) is 12.5. The molecule has 3 fully saturated rings. The van der Waals surface area contributed by atoms with E-state index in [9.17, 15) is 19.8 Å². The Labute approximate surface area is 153 Å². The van der Waals surface area contributed by atoms with Crippen molar-refractivity contribution < 1.29 is 29.3 Å². The van der Waals surface area contributed by atoms with Crippen molar-refractivity contribution in [3.63, 3.8) is 0 Å². The second kappa shape index (κ2) is 9.09. The van der Waals surface area contributed by atoms with E-state index in [1.165, 1.54) is 0 Å². The van der Waals surface area contributed by atoms with Gasteiger partial charge in [0.15, 0.2) is 0 Å². The molecule has 0 bridgehead atoms. The Morgan fingerprint density at radius 2 is 1.73 bits per heavy atom. The molecule has 3 rings (SSSR count). The Morgan fingerprint density at radius 3 is 2.42 bits per heavy atom. The number of aliphatic hydroxyl groups is 2. The van der Waals surface area contributed by atoms with Gasteiger partial charge in [-0.05, 0) is 12.8 Å². The second-order valence-electron chi connectivity index (χ2n) is 7.22. The molecule has 0 radical (unpaired) electrons. The minimum atomic E-state index is -1.14. The van der Waals surface area contributed by atoms with Crippen LogP contribution >= 0.6 is 0 Å². The Kier molecular flexibility index (Phi) is 6.82. The number of carbonyl (C=O) groups excluding carboxylic acids is 2. The molecule has 9 heteroatoms. The number of hydrogen-bond donors (Lipinski definition) is 4. The molecule has 4 N–H and O–H groups in total. The number of aliphatic hydroxyl groups excluding tert-OH is 2. The molecule has 0 aromatic rings. The van der Waals surface area contributed by atoms with Gasteiger partial charge in [-0.25, -0.2) is 0 Å². The van der Waals surface area contributed by atoms with Gasteiger partial charge in [0, 0.05) is 38.6 Å². The smallest absolute Gasteiger partial charge is 0.223 e. The number of nitrogens with one attached hydrogen (secondary N) is 2. The first-order valence-electron chi connectivity index (χ1n) is 9.40. The van der Waals surface area contributed by atoms with Gasteiger partial charge in [0.1, 0.15) is 18.3 Å². The molecule has 4 unspecified atom stereocenters. The van der Waals surface area contributed by atoms with Crippen molar-refractivity contribution in [3.05, 3.63) is 0 Å². The molecule has 9 nitrogen and oxygen atoms in total. The Hall–Kier alpha value is -1.26. The fraction of sp³-hybridized carbons (Fsp3) is 0.882. The number of ether oxygens (including phenoxy) is 2. The summed E-state index contributed by atoms with van der Waals surface area (Å²) >= 11 is 0. The number of carbonyl (C=O) groups is 2. The van der Waals surface area contributed by atoms with E-state index in [0.29, 0.717) is 19.8 Å². The standard InChI is InChI=1S/C17H29N3O6/c21-14(18-3-4-20-5-7-25-8-6-20)9-12-15(22)16(23)13(26-12)10-19-17(24)11-1-2-11/h11-13,15-16,22-23H,1-10H2,(H,18,21)(H,19,24). The lowest BCUT2D eigenvalue weighted by Crippen LogP contribution is -2.42. The summed E-state index contributed by atoms with van der Waals surface area (Å²) in [7, 11) is 0. The van der Waals surface area contributed by atoms with Crippen molar-refractivity contribution in [2.45, 2.75) is 43.7 Å². The van der Waals surface area contributed by atoms with Crippen molar-refractivity contribution >= 4 is 11.8 Å². The third-order valence-corrected chi connectivity index (χ3v) is 5.13. The van der Waals surface area contributed by atoms with Crippen LogP contribution in [0.3, 0.4) is 0 Å². The van der Waals surface area contributed by atoms with Gasteiger partial charge in [0.25, 0.3) is 0 Å². The van der Waals surface area contributed by atoms with Gasteiger partial charge in [-0.2, -0.15) is 0 Å². The molecule has 1 saturated carbocycles. The Balaban J connectivity index is 1.35. The minimum Gasteiger partial charge on any atom is -0.388 e. The summed E-state index contributed by atoms with van der Waals surface area (Å²) in [6, 6.07) is 0. The summed E-state index contributed by atoms with van der Waals surface area (Å²) < 4.78 is 10.9. The maximum atomic E-state index is 12.1. The summed E-state index contributed by atoms with van der Waals surface area (Å²) in [6.45, 7) is 4.57. The molecule has 0 aromatic heterocycles. The predicted octanol–water partition coefficient (Wildman–Crippen LogP) is -2.16. The molecule has 2 saturated heterocycles. The molecular formula is C17H29N3O6. The van der Waals surface area contributed by atoms with Crippen LogP contribution in [-0.2, 0) is 19.1 Å². The first-order valence-corrected chi connectivity index (χ1v) is 9.40. The van der Waals surface area contributed by atoms with Gasteiger partial charge in [-0.3, -0.25) is 14.5 Å². The minimum absolute atomic E-state index is 0.0194. The topological polar surface area (TPSA) is 120 Å². The highest BCUT2D eigenvalue weighted by Gasteiger charge is 2.43. The quantitative estimate of drug-likeness (QED) is 0.384. The van der Waals surface area contributed by atoms with Gasteiger partial charge in [0.2, 0.25) is 11.8 Å². The van der Waals surface area contributed by atoms with E-state index in [1.807, 2.05) is 0 Å². The third-order valence-electron chi connectivity index (χ3n) is 5.13. The molecule has 26 heavy (non-hydrogen) atoms. The molecule has 1 aliphatic carbocycles. The van der Waals surface area contributed by atoms with E-state index in [2.05, 4.69) is 15.5 Å². The van der Waals surface area contributed by atoms with Crippen molar-refractivity contribution in [1.29, 1.82) is 0 Å². The van der Waals surface area contributed by atoms with Crippen LogP contribution in [0.2, 0.25) is 0 Å². The molecule has 4 atom stereocenters. The van der Waals surface area contributed by atoms with E-state index in [4.69, 9.17) is 9.47 Å². The van der Waals surface area contributed by atoms with Gasteiger partial charge < -0.3 is 30.3 Å². The van der Waals surface area contributed by atoms with E-state index < -0.39 is 24.4 Å². The van der Waals surface area contributed by atoms with Crippen LogP contribution < -0.4 is 10.6 Å². The zero-order chi connectivity index (χ0) is 18.5. The SMILES string of the molecule is O=C(CC1OC(CNC(=O)C2CC2)C(O)C1O)NCCN1CCOCC1. The molecule has 2 heterocycles. The fourth-order valence-corrected chi connectivity index (χ4v) is 3.29. The Morgan fingerprint density at radius 1 is 1.04 bits per heavy atom. The zero-order valence-electron chi connectivity index (χ0n) is 14.9. The first kappa shape index (κ1) is 19.5. The molecule has 3 aliphatic rings. The fourth-order valence-electron chi connectivity index (χ4n) is 3.29. The monoisotopic (exact) mass is 371 g/mol. The van der Waals surface area contributed by atoms with Crippen LogP contribution in [0, 0.1) is 5.92 Å². The number of rotatable bonds is 8. The molecule has 0 aromatic carbocycles. The van der Waals surface area contributed by atoms with Gasteiger partial charge in [-0.1, -0.05) is 0 Å². The second-order valence-corrected chi connectivity index (χ2v) is 7.22. The highest BCUT2D eigenvalue weighted by molar-refractivity contribution is 5.80. The third kappa shape index (κ3) is 5.37. The molecule has 148 valence electrons. The molecule has 2 amide bonds. The molecular weight excluding hydrogens is 342 g/mol. The van der Waals surface area contributed by atoms with E-state index in [-0.39, 0.29) is 30.7 Å². The average molecular weight is 371 g/mol. The molecule has 0 spiro atoms. The van der Waals surface area contributed by atoms with E-state index in [0.717, 1.165) is 32.5 Å². The van der Waals surface area contributed by atoms with Crippen molar-refractivity contribution in [2.24, 2.45) is 5.92 Å². The number of hydrogen-bond acceptors (Lipinski definition) is 7. The van der Waals surface area contributed by atoms with Gasteiger partial charge >= 0.3 is 0 Å². The highest BCUT2D eigenvalue weighted by atomic mass is 16.5. The lowest BCUT2D eigenvalue weighted by atomic mass is 10.1. The summed E-state index contributed by atoms with van der Waals surface area (Å²) in [4.78, 5) is 26.0. The van der Waals surface area contributed by atoms with Crippen molar-refractivity contribution in [2.75, 3.05) is 45.9 Å². The summed E-state index contributed by atoms with van der Waals surface area (Å²) in [6.07, 6.45) is -1.93. The van der Waals surface area contributed by atoms with Crippen molar-refractivity contribution in [1.82, 2.24) is 15.5 Å². The summed E-state index contributed by atoms with van der Waals surface area (Å²) in [5.74, 6) is -0.191. The lowest BCUT2D eigenvalue weighted by molar-refractivity contribution is -0.126. The van der Waals surface area contributed by atoms with Crippen LogP contribution in [0.5, 0.6) is 0 Å². The average Bonchev–Trinajstić information content (AvgIpc) is 3.45. The number of amides is 2. The van der Waals surface area contributed by atoms with Crippen LogP contribution in [0.4, 0.5) is 0 Å². The molecule has 2 aliphatic heterocycles. The number of morpholine rings is 1. The van der Waals surface area contributed by atoms with Crippen LogP contribution in [0.15, 0.2) is 0 Å². The van der Waals surface area contributed by atoms with Crippen molar-refractivity contribution in [3.8, 4) is 0 Å². The predicted molar refractivity (Wildman–Crippen MR) is 91.3 cm³/mol. The highest BCUT2D eigenvalue weighted by Crippen LogP contribution is 2.29. The van der Waals surface area contributed by atoms with Crippen LogP contribution in [-0.4, -0.2) is 97.3 Å². The maximum Gasteiger partial charge on any atom is 0.223 e. The normalized spacial score (nSPS) is 32.4. The van der Waals surface area contributed by atoms with Crippen LogP contribution in [0.25, 0.3) is 0 Å². The van der Waals surface area contributed by atoms with Crippen LogP contribution in [0.1, 0.15) is 19.3 Å². The summed E-state index contributed by atoms with van der Waals surface area (Å²) in [5.41, 5.74) is 0. The maximum absolute atomic E-state index is 12.1. The van der Waals surface area contributed by atoms with E-state index >= 15 is 0 Å². The Bertz CT molecular complexity index is 495. The lowest BCUT2D eigenvalue weighted by Gasteiger charge is -2.26. The van der Waals surface area contributed by atoms with E-state index in [1.54, 1.807) is 0 Å². The largest absolute Gasteiger partial charge is 0.388 e. The zero-order valence-corrected chi connectivity index (χ0v) is 14.9. The summed E-state index contributed by atoms with van der Waals surface area (Å²) in [5, 5.41) is 25.7. The number of nitrogens with zero attached hydrogens (tertiary/aromatic N) is 1.